The van der Waals surface area contributed by atoms with Gasteiger partial charge < -0.3 is 24.4 Å². The van der Waals surface area contributed by atoms with Crippen LogP contribution in [0, 0.1) is 23.7 Å². The van der Waals surface area contributed by atoms with Gasteiger partial charge in [-0.3, -0.25) is 19.2 Å². The Morgan fingerprint density at radius 2 is 1.15 bits per heavy atom. The van der Waals surface area contributed by atoms with E-state index in [0.29, 0.717) is 0 Å². The first-order valence-corrected chi connectivity index (χ1v) is 10.7. The maximum atomic E-state index is 12.7. The number of rotatable bonds is 13. The number of hydrogen-bond acceptors (Lipinski definition) is 9. The number of carboxylic acid groups (broad SMARTS) is 2. The summed E-state index contributed by atoms with van der Waals surface area (Å²) >= 11 is 0. The summed E-state index contributed by atoms with van der Waals surface area (Å²) in [4.78, 5) is 71.5. The molecule has 4 atom stereocenters. The van der Waals surface area contributed by atoms with E-state index in [2.05, 4.69) is 13.2 Å². The second kappa shape index (κ2) is 13.3. The number of carbonyl (C=O) groups excluding carboxylic acids is 4. The van der Waals surface area contributed by atoms with Gasteiger partial charge in [0.1, 0.15) is 19.0 Å². The van der Waals surface area contributed by atoms with Crippen LogP contribution < -0.4 is 0 Å². The molecule has 0 radical (unpaired) electrons. The van der Waals surface area contributed by atoms with Crippen molar-refractivity contribution in [1.82, 2.24) is 0 Å². The summed E-state index contributed by atoms with van der Waals surface area (Å²) in [6, 6.07) is 0. The molecule has 2 N–H and O–H groups in total. The van der Waals surface area contributed by atoms with E-state index in [9.17, 15) is 39.0 Å². The molecule has 4 unspecified atom stereocenters. The molecule has 1 rings (SSSR count). The summed E-state index contributed by atoms with van der Waals surface area (Å²) in [5, 5.41) is 19.2. The lowest BCUT2D eigenvalue weighted by atomic mass is 9.66. The van der Waals surface area contributed by atoms with Crippen molar-refractivity contribution >= 4 is 35.6 Å². The number of esters is 3. The molecule has 1 fully saturated rings. The lowest BCUT2D eigenvalue weighted by molar-refractivity contribution is -0.168. The van der Waals surface area contributed by atoms with E-state index in [1.54, 1.807) is 0 Å². The minimum atomic E-state index is -1.35. The monoisotopic (exact) mass is 482 g/mol. The Morgan fingerprint density at radius 3 is 1.65 bits per heavy atom. The van der Waals surface area contributed by atoms with Gasteiger partial charge in [-0.1, -0.05) is 13.2 Å². The van der Waals surface area contributed by atoms with Crippen molar-refractivity contribution in [3.8, 4) is 0 Å². The number of carbonyl (C=O) groups is 6. The Kier molecular flexibility index (Phi) is 11.1. The zero-order valence-corrected chi connectivity index (χ0v) is 19.2. The second-order valence-corrected chi connectivity index (χ2v) is 8.14. The normalized spacial score (nSPS) is 21.6. The van der Waals surface area contributed by atoms with Crippen molar-refractivity contribution in [2.24, 2.45) is 23.7 Å². The topological polar surface area (TPSA) is 171 Å². The average Bonchev–Trinajstić information content (AvgIpc) is 2.77. The highest BCUT2D eigenvalue weighted by atomic mass is 16.6. The Morgan fingerprint density at radius 1 is 0.706 bits per heavy atom. The fraction of sp³-hybridized carbons (Fsp3) is 0.565. The van der Waals surface area contributed by atoms with E-state index in [1.807, 2.05) is 0 Å². The molecule has 0 heterocycles. The summed E-state index contributed by atoms with van der Waals surface area (Å²) < 4.78 is 14.7. The standard InChI is InChI=1S/C23H30O11/c1-12(2)21(29)32-7-5-6-18(24)14-10-16(20(27)28)17(11-15(14)19(25)26)23(31)34-9-8-33-22(30)13(3)4/h14-17H,1,3,5-11H2,2,4H3,(H,25,26)(H,27,28). The number of Topliss-reactive ketones (excluding diaryl/α,β-unsaturated/α-hetero) is 1. The van der Waals surface area contributed by atoms with Gasteiger partial charge in [0.2, 0.25) is 0 Å². The van der Waals surface area contributed by atoms with Crippen LogP contribution in [0.3, 0.4) is 0 Å². The van der Waals surface area contributed by atoms with Gasteiger partial charge in [-0.25, -0.2) is 9.59 Å². The lowest BCUT2D eigenvalue weighted by Crippen LogP contribution is -2.45. The Balaban J connectivity index is 2.78. The number of carboxylic acids is 2. The van der Waals surface area contributed by atoms with Gasteiger partial charge >= 0.3 is 29.8 Å². The molecule has 0 amide bonds. The molecule has 11 nitrogen and oxygen atoms in total. The first-order valence-electron chi connectivity index (χ1n) is 10.7. The Labute approximate surface area is 196 Å². The van der Waals surface area contributed by atoms with Crippen LogP contribution in [0.15, 0.2) is 24.3 Å². The van der Waals surface area contributed by atoms with E-state index in [1.165, 1.54) is 13.8 Å². The molecule has 188 valence electrons. The summed E-state index contributed by atoms with van der Waals surface area (Å²) in [7, 11) is 0. The third-order valence-electron chi connectivity index (χ3n) is 5.40. The minimum Gasteiger partial charge on any atom is -0.481 e. The third kappa shape index (κ3) is 8.45. The highest BCUT2D eigenvalue weighted by Crippen LogP contribution is 2.40. The first kappa shape index (κ1) is 28.5. The molecular weight excluding hydrogens is 452 g/mol. The van der Waals surface area contributed by atoms with Crippen molar-refractivity contribution in [3.05, 3.63) is 24.3 Å². The van der Waals surface area contributed by atoms with Crippen LogP contribution in [-0.2, 0) is 43.0 Å². The van der Waals surface area contributed by atoms with Gasteiger partial charge in [0.15, 0.2) is 0 Å². The zero-order valence-electron chi connectivity index (χ0n) is 19.2. The highest BCUT2D eigenvalue weighted by molar-refractivity contribution is 5.90. The fourth-order valence-corrected chi connectivity index (χ4v) is 3.59. The molecule has 11 heteroatoms. The van der Waals surface area contributed by atoms with Crippen molar-refractivity contribution in [1.29, 1.82) is 0 Å². The van der Waals surface area contributed by atoms with Crippen molar-refractivity contribution < 1.29 is 53.2 Å². The van der Waals surface area contributed by atoms with Crippen LogP contribution in [0.25, 0.3) is 0 Å². The van der Waals surface area contributed by atoms with Crippen molar-refractivity contribution in [2.75, 3.05) is 19.8 Å². The van der Waals surface area contributed by atoms with E-state index in [-0.39, 0.29) is 50.2 Å². The van der Waals surface area contributed by atoms with Crippen LogP contribution in [0.2, 0.25) is 0 Å². The van der Waals surface area contributed by atoms with Crippen molar-refractivity contribution in [3.63, 3.8) is 0 Å². The molecule has 0 aliphatic heterocycles. The molecule has 0 aromatic heterocycles. The van der Waals surface area contributed by atoms with Gasteiger partial charge in [0.25, 0.3) is 0 Å². The SMILES string of the molecule is C=C(C)C(=O)OCCCC(=O)C1CC(C(=O)O)C(C(=O)OCCOC(=O)C(=C)C)CC1C(=O)O. The molecule has 1 saturated carbocycles. The Hall–Kier alpha value is -3.50. The van der Waals surface area contributed by atoms with Gasteiger partial charge in [0.05, 0.1) is 24.4 Å². The molecule has 0 spiro atoms. The first-order chi connectivity index (χ1) is 15.9. The van der Waals surface area contributed by atoms with Gasteiger partial charge in [-0.05, 0) is 33.1 Å². The summed E-state index contributed by atoms with van der Waals surface area (Å²) in [6.45, 7) is 9.04. The average molecular weight is 482 g/mol. The van der Waals surface area contributed by atoms with E-state index >= 15 is 0 Å². The maximum absolute atomic E-state index is 12.7. The number of aliphatic carboxylic acids is 2. The predicted octanol–water partition coefficient (Wildman–Crippen LogP) is 1.55. The summed E-state index contributed by atoms with van der Waals surface area (Å²) in [6.07, 6.45) is -0.723. The lowest BCUT2D eigenvalue weighted by Gasteiger charge is -2.36. The van der Waals surface area contributed by atoms with E-state index in [4.69, 9.17) is 14.2 Å². The summed E-state index contributed by atoms with van der Waals surface area (Å²) in [5.74, 6) is -10.4. The smallest absolute Gasteiger partial charge is 0.333 e. The van der Waals surface area contributed by atoms with Crippen LogP contribution in [-0.4, -0.2) is 65.7 Å². The second-order valence-electron chi connectivity index (χ2n) is 8.14. The molecule has 0 bridgehead atoms. The molecule has 0 aromatic rings. The fourth-order valence-electron chi connectivity index (χ4n) is 3.59. The van der Waals surface area contributed by atoms with Crippen molar-refractivity contribution in [2.45, 2.75) is 39.5 Å². The van der Waals surface area contributed by atoms with Gasteiger partial charge in [-0.15, -0.1) is 0 Å². The van der Waals surface area contributed by atoms with Crippen LogP contribution >= 0.6 is 0 Å². The largest absolute Gasteiger partial charge is 0.481 e. The van der Waals surface area contributed by atoms with Crippen LogP contribution in [0.4, 0.5) is 0 Å². The van der Waals surface area contributed by atoms with Gasteiger partial charge in [0, 0.05) is 23.5 Å². The third-order valence-corrected chi connectivity index (χ3v) is 5.40. The quantitative estimate of drug-likeness (QED) is 0.169. The maximum Gasteiger partial charge on any atom is 0.333 e. The summed E-state index contributed by atoms with van der Waals surface area (Å²) in [5.41, 5.74) is 0.347. The number of ketones is 1. The van der Waals surface area contributed by atoms with E-state index < -0.39 is 65.7 Å². The number of ether oxygens (including phenoxy) is 3. The Bertz CT molecular complexity index is 787. The van der Waals surface area contributed by atoms with Gasteiger partial charge in [-0.2, -0.15) is 0 Å². The van der Waals surface area contributed by atoms with E-state index in [0.717, 1.165) is 0 Å². The predicted molar refractivity (Wildman–Crippen MR) is 115 cm³/mol. The number of hydrogen-bond donors (Lipinski definition) is 2. The molecule has 1 aliphatic carbocycles. The molecular formula is C23H30O11. The van der Waals surface area contributed by atoms with Crippen LogP contribution in [0.5, 0.6) is 0 Å². The molecule has 1 aliphatic rings. The molecule has 34 heavy (non-hydrogen) atoms. The molecule has 0 saturated heterocycles. The minimum absolute atomic E-state index is 0.0743. The van der Waals surface area contributed by atoms with Crippen LogP contribution in [0.1, 0.15) is 39.5 Å². The molecule has 0 aromatic carbocycles. The highest BCUT2D eigenvalue weighted by Gasteiger charge is 2.49. The zero-order chi connectivity index (χ0) is 26.0.